The van der Waals surface area contributed by atoms with Crippen LogP contribution in [0.4, 0.5) is 4.79 Å². The number of rotatable bonds is 6. The molecule has 0 spiro atoms. The fourth-order valence-electron chi connectivity index (χ4n) is 6.16. The first-order valence-corrected chi connectivity index (χ1v) is 9.85. The summed E-state index contributed by atoms with van der Waals surface area (Å²) in [6.45, 7) is 7.90. The average Bonchev–Trinajstić information content (AvgIpc) is 2.63. The van der Waals surface area contributed by atoms with Crippen LogP contribution in [-0.2, 0) is 0 Å². The van der Waals surface area contributed by atoms with Crippen molar-refractivity contribution in [1.82, 2.24) is 15.6 Å². The number of nitrogens with zero attached hydrogens (tertiary/aromatic N) is 1. The second-order valence-electron chi connectivity index (χ2n) is 8.58. The van der Waals surface area contributed by atoms with Gasteiger partial charge in [0.05, 0.1) is 17.8 Å². The molecule has 4 bridgehead atoms. The Hall–Kier alpha value is -2.10. The molecule has 4 aliphatic carbocycles. The van der Waals surface area contributed by atoms with Crippen LogP contribution < -0.4 is 10.6 Å². The summed E-state index contributed by atoms with van der Waals surface area (Å²) >= 11 is 0. The summed E-state index contributed by atoms with van der Waals surface area (Å²) in [7, 11) is 0. The van der Waals surface area contributed by atoms with Crippen LogP contribution in [0.25, 0.3) is 0 Å². The van der Waals surface area contributed by atoms with Crippen LogP contribution in [0.15, 0.2) is 49.7 Å². The van der Waals surface area contributed by atoms with Gasteiger partial charge in [0.2, 0.25) is 0 Å². The fourth-order valence-corrected chi connectivity index (χ4v) is 6.16. The minimum Gasteiger partial charge on any atom is -0.331 e. The van der Waals surface area contributed by atoms with E-state index >= 15 is 0 Å². The number of urea groups is 1. The number of nitrogens with one attached hydrogen (secondary N) is 2. The molecular weight excluding hydrogens is 322 g/mol. The molecule has 2 atom stereocenters. The van der Waals surface area contributed by atoms with Crippen molar-refractivity contribution in [2.75, 3.05) is 0 Å². The summed E-state index contributed by atoms with van der Waals surface area (Å²) in [5.74, 6) is 2.55. The number of carbonyl (C=O) groups is 1. The predicted molar refractivity (Wildman–Crippen MR) is 103 cm³/mol. The van der Waals surface area contributed by atoms with Crippen LogP contribution in [0.5, 0.6) is 0 Å². The van der Waals surface area contributed by atoms with E-state index in [-0.39, 0.29) is 23.5 Å². The maximum absolute atomic E-state index is 12.7. The van der Waals surface area contributed by atoms with Crippen molar-refractivity contribution < 1.29 is 4.79 Å². The van der Waals surface area contributed by atoms with E-state index in [4.69, 9.17) is 0 Å². The van der Waals surface area contributed by atoms with Crippen molar-refractivity contribution in [2.45, 2.75) is 50.6 Å². The second-order valence-corrected chi connectivity index (χ2v) is 8.58. The highest BCUT2D eigenvalue weighted by Gasteiger charge is 2.53. The Morgan fingerprint density at radius 1 is 1.08 bits per heavy atom. The predicted octanol–water partition coefficient (Wildman–Crippen LogP) is 4.38. The molecule has 4 aliphatic rings. The Labute approximate surface area is 156 Å². The molecule has 1 aromatic heterocycles. The molecule has 26 heavy (non-hydrogen) atoms. The first-order chi connectivity index (χ1) is 12.6. The van der Waals surface area contributed by atoms with Crippen molar-refractivity contribution in [3.05, 3.63) is 55.4 Å². The highest BCUT2D eigenvalue weighted by molar-refractivity contribution is 5.75. The molecule has 138 valence electrons. The number of amides is 2. The van der Waals surface area contributed by atoms with Crippen LogP contribution >= 0.6 is 0 Å². The molecule has 4 heteroatoms. The molecule has 5 rings (SSSR count). The monoisotopic (exact) mass is 351 g/mol. The van der Waals surface area contributed by atoms with E-state index in [1.165, 1.54) is 38.5 Å². The van der Waals surface area contributed by atoms with Gasteiger partial charge < -0.3 is 10.6 Å². The fraction of sp³-hybridized carbons (Fsp3) is 0.545. The molecule has 0 aromatic carbocycles. The second kappa shape index (κ2) is 6.90. The zero-order chi connectivity index (χ0) is 18.1. The zero-order valence-corrected chi connectivity index (χ0v) is 15.4. The first-order valence-electron chi connectivity index (χ1n) is 9.85. The Bertz CT molecular complexity index is 649. The summed E-state index contributed by atoms with van der Waals surface area (Å²) in [5, 5.41) is 6.22. The highest BCUT2D eigenvalue weighted by atomic mass is 16.2. The van der Waals surface area contributed by atoms with Crippen LogP contribution in [0, 0.1) is 23.2 Å². The average molecular weight is 351 g/mol. The molecule has 4 nitrogen and oxygen atoms in total. The van der Waals surface area contributed by atoms with E-state index in [1.54, 1.807) is 12.3 Å². The maximum atomic E-state index is 12.7. The summed E-state index contributed by atoms with van der Waals surface area (Å²) in [4.78, 5) is 17.0. The summed E-state index contributed by atoms with van der Waals surface area (Å²) in [6, 6.07) is 5.26. The van der Waals surface area contributed by atoms with Crippen molar-refractivity contribution in [1.29, 1.82) is 0 Å². The molecule has 0 aliphatic heterocycles. The van der Waals surface area contributed by atoms with Gasteiger partial charge in [0.15, 0.2) is 0 Å². The lowest BCUT2D eigenvalue weighted by Crippen LogP contribution is -2.57. The van der Waals surface area contributed by atoms with E-state index in [1.807, 2.05) is 24.3 Å². The van der Waals surface area contributed by atoms with Crippen LogP contribution in [0.1, 0.15) is 50.3 Å². The Balaban J connectivity index is 1.44. The summed E-state index contributed by atoms with van der Waals surface area (Å²) in [5.41, 5.74) is 1.00. The number of hydrogen-bond acceptors (Lipinski definition) is 2. The van der Waals surface area contributed by atoms with Crippen molar-refractivity contribution >= 4 is 6.03 Å². The molecule has 1 heterocycles. The van der Waals surface area contributed by atoms with Gasteiger partial charge in [0, 0.05) is 6.20 Å². The van der Waals surface area contributed by atoms with Crippen LogP contribution in [0.3, 0.4) is 0 Å². The van der Waals surface area contributed by atoms with Gasteiger partial charge in [-0.1, -0.05) is 18.2 Å². The first kappa shape index (κ1) is 17.3. The largest absolute Gasteiger partial charge is 0.331 e. The third-order valence-corrected chi connectivity index (χ3v) is 6.80. The van der Waals surface area contributed by atoms with Crippen molar-refractivity contribution in [3.8, 4) is 0 Å². The number of hydrogen-bond donors (Lipinski definition) is 2. The van der Waals surface area contributed by atoms with E-state index in [0.29, 0.717) is 0 Å². The summed E-state index contributed by atoms with van der Waals surface area (Å²) in [6.07, 6.45) is 13.3. The maximum Gasteiger partial charge on any atom is 0.316 e. The molecule has 2 unspecified atom stereocenters. The molecular formula is C22H29N3O. The topological polar surface area (TPSA) is 54.0 Å². The quantitative estimate of drug-likeness (QED) is 0.747. The number of pyridine rings is 1. The van der Waals surface area contributed by atoms with Gasteiger partial charge >= 0.3 is 6.03 Å². The number of aromatic nitrogens is 1. The zero-order valence-electron chi connectivity index (χ0n) is 15.4. The van der Waals surface area contributed by atoms with E-state index < -0.39 is 0 Å². The molecule has 4 fully saturated rings. The SMILES string of the molecule is C=CC(NC(=O)NC(C=C)C12CC3CC(CC(C3)C1)C2)c1ccccn1. The summed E-state index contributed by atoms with van der Waals surface area (Å²) < 4.78 is 0. The molecule has 2 amide bonds. The van der Waals surface area contributed by atoms with E-state index in [0.717, 1.165) is 23.4 Å². The normalized spacial score (nSPS) is 33.9. The van der Waals surface area contributed by atoms with Crippen LogP contribution in [0.2, 0.25) is 0 Å². The highest BCUT2D eigenvalue weighted by Crippen LogP contribution is 2.61. The lowest BCUT2D eigenvalue weighted by molar-refractivity contribution is -0.0630. The minimum atomic E-state index is -0.293. The Kier molecular flexibility index (Phi) is 4.60. The van der Waals surface area contributed by atoms with Crippen molar-refractivity contribution in [3.63, 3.8) is 0 Å². The van der Waals surface area contributed by atoms with Gasteiger partial charge in [-0.05, 0) is 73.8 Å². The lowest BCUT2D eigenvalue weighted by atomic mass is 9.47. The van der Waals surface area contributed by atoms with E-state index in [9.17, 15) is 4.79 Å². The Morgan fingerprint density at radius 2 is 1.73 bits per heavy atom. The van der Waals surface area contributed by atoms with Gasteiger partial charge in [-0.25, -0.2) is 4.79 Å². The molecule has 4 saturated carbocycles. The third-order valence-electron chi connectivity index (χ3n) is 6.80. The lowest BCUT2D eigenvalue weighted by Gasteiger charge is -2.59. The molecule has 0 saturated heterocycles. The minimum absolute atomic E-state index is 0.0325. The van der Waals surface area contributed by atoms with Crippen molar-refractivity contribution in [2.24, 2.45) is 23.2 Å². The van der Waals surface area contributed by atoms with Crippen LogP contribution in [-0.4, -0.2) is 17.1 Å². The number of carbonyl (C=O) groups excluding carboxylic acids is 1. The smallest absolute Gasteiger partial charge is 0.316 e. The third kappa shape index (κ3) is 3.17. The molecule has 1 aromatic rings. The van der Waals surface area contributed by atoms with E-state index in [2.05, 4.69) is 28.8 Å². The van der Waals surface area contributed by atoms with Gasteiger partial charge in [-0.3, -0.25) is 4.98 Å². The van der Waals surface area contributed by atoms with Gasteiger partial charge in [0.25, 0.3) is 0 Å². The van der Waals surface area contributed by atoms with Gasteiger partial charge in [-0.15, -0.1) is 13.2 Å². The molecule has 2 N–H and O–H groups in total. The Morgan fingerprint density at radius 3 is 2.23 bits per heavy atom. The van der Waals surface area contributed by atoms with Gasteiger partial charge in [-0.2, -0.15) is 0 Å². The van der Waals surface area contributed by atoms with Gasteiger partial charge in [0.1, 0.15) is 0 Å². The standard InChI is InChI=1S/C22H29N3O/c1-3-18(19-7-5-6-8-23-19)24-21(26)25-20(4-2)22-12-15-9-16(13-22)11-17(10-15)14-22/h3-8,15-18,20H,1-2,9-14H2,(H2,24,25,26). The molecule has 0 radical (unpaired) electrons.